The first-order valence-corrected chi connectivity index (χ1v) is 5.34. The van der Waals surface area contributed by atoms with Crippen molar-refractivity contribution in [3.05, 3.63) is 0 Å². The van der Waals surface area contributed by atoms with Gasteiger partial charge in [-0.3, -0.25) is 9.59 Å². The first-order chi connectivity index (χ1) is 7.13. The molecule has 0 bridgehead atoms. The zero-order chi connectivity index (χ0) is 11.3. The Morgan fingerprint density at radius 2 is 2.47 bits per heavy atom. The van der Waals surface area contributed by atoms with Crippen LogP contribution in [0.3, 0.4) is 0 Å². The summed E-state index contributed by atoms with van der Waals surface area (Å²) in [5.41, 5.74) is 0. The van der Waals surface area contributed by atoms with Crippen molar-refractivity contribution in [2.24, 2.45) is 0 Å². The van der Waals surface area contributed by atoms with Crippen LogP contribution in [0.25, 0.3) is 0 Å². The third-order valence-corrected chi connectivity index (χ3v) is 2.50. The minimum Gasteiger partial charge on any atom is -0.396 e. The molecule has 2 amide bonds. The highest BCUT2D eigenvalue weighted by molar-refractivity contribution is 5.90. The van der Waals surface area contributed by atoms with E-state index in [2.05, 4.69) is 10.6 Å². The van der Waals surface area contributed by atoms with Gasteiger partial charge in [0, 0.05) is 19.1 Å². The third kappa shape index (κ3) is 3.87. The Bertz CT molecular complexity index is 243. The average molecular weight is 214 g/mol. The van der Waals surface area contributed by atoms with Crippen LogP contribution in [0.1, 0.15) is 32.6 Å². The van der Waals surface area contributed by atoms with Crippen LogP contribution in [0.4, 0.5) is 0 Å². The summed E-state index contributed by atoms with van der Waals surface area (Å²) in [5, 5.41) is 14.1. The Morgan fingerprint density at radius 1 is 1.73 bits per heavy atom. The molecule has 0 spiro atoms. The van der Waals surface area contributed by atoms with E-state index in [1.165, 1.54) is 0 Å². The summed E-state index contributed by atoms with van der Waals surface area (Å²) in [5.74, 6) is -0.176. The number of amides is 2. The van der Waals surface area contributed by atoms with Gasteiger partial charge in [0.25, 0.3) is 0 Å². The molecule has 0 saturated carbocycles. The molecule has 1 aliphatic heterocycles. The molecule has 3 N–H and O–H groups in total. The number of aliphatic hydroxyl groups excluding tert-OH is 1. The van der Waals surface area contributed by atoms with Crippen LogP contribution in [-0.2, 0) is 9.59 Å². The van der Waals surface area contributed by atoms with Crippen molar-refractivity contribution < 1.29 is 14.7 Å². The van der Waals surface area contributed by atoms with E-state index in [4.69, 9.17) is 5.11 Å². The quantitative estimate of drug-likeness (QED) is 0.579. The summed E-state index contributed by atoms with van der Waals surface area (Å²) in [6, 6.07) is -0.323. The first-order valence-electron chi connectivity index (χ1n) is 5.34. The van der Waals surface area contributed by atoms with Crippen molar-refractivity contribution in [2.45, 2.75) is 44.7 Å². The molecule has 1 aliphatic rings. The molecule has 2 atom stereocenters. The van der Waals surface area contributed by atoms with Crippen molar-refractivity contribution in [2.75, 3.05) is 6.61 Å². The van der Waals surface area contributed by atoms with Gasteiger partial charge in [0.15, 0.2) is 0 Å². The molecule has 1 fully saturated rings. The molecular weight excluding hydrogens is 196 g/mol. The fourth-order valence-corrected chi connectivity index (χ4v) is 1.62. The van der Waals surface area contributed by atoms with E-state index >= 15 is 0 Å². The van der Waals surface area contributed by atoms with Gasteiger partial charge in [0.1, 0.15) is 6.04 Å². The third-order valence-electron chi connectivity index (χ3n) is 2.50. The Kier molecular flexibility index (Phi) is 4.55. The van der Waals surface area contributed by atoms with Gasteiger partial charge in [-0.05, 0) is 26.2 Å². The summed E-state index contributed by atoms with van der Waals surface area (Å²) in [6.07, 6.45) is 2.45. The topological polar surface area (TPSA) is 78.4 Å². The largest absolute Gasteiger partial charge is 0.396 e. The summed E-state index contributed by atoms with van der Waals surface area (Å²) in [6.45, 7) is 2.03. The molecule has 0 radical (unpaired) electrons. The van der Waals surface area contributed by atoms with Crippen LogP contribution in [0, 0.1) is 0 Å². The molecule has 0 aromatic rings. The molecule has 1 heterocycles. The molecule has 5 nitrogen and oxygen atoms in total. The highest BCUT2D eigenvalue weighted by Crippen LogP contribution is 2.07. The van der Waals surface area contributed by atoms with Crippen LogP contribution >= 0.6 is 0 Å². The Balaban J connectivity index is 2.25. The average Bonchev–Trinajstić information content (AvgIpc) is 2.61. The standard InChI is InChI=1S/C10H18N2O3/c1-7(3-2-6-13)11-10(15)8-4-5-9(14)12-8/h7-8,13H,2-6H2,1H3,(H,11,15)(H,12,14). The first kappa shape index (κ1) is 12.0. The maximum Gasteiger partial charge on any atom is 0.242 e. The fourth-order valence-electron chi connectivity index (χ4n) is 1.62. The second-order valence-corrected chi connectivity index (χ2v) is 3.93. The molecule has 0 aromatic heterocycles. The molecule has 2 unspecified atom stereocenters. The van der Waals surface area contributed by atoms with Crippen molar-refractivity contribution >= 4 is 11.8 Å². The van der Waals surface area contributed by atoms with E-state index in [0.29, 0.717) is 19.3 Å². The minimum atomic E-state index is -0.367. The predicted octanol–water partition coefficient (Wildman–Crippen LogP) is -0.458. The maximum atomic E-state index is 11.6. The Hall–Kier alpha value is -1.10. The van der Waals surface area contributed by atoms with E-state index in [9.17, 15) is 9.59 Å². The maximum absolute atomic E-state index is 11.6. The van der Waals surface area contributed by atoms with E-state index < -0.39 is 0 Å². The van der Waals surface area contributed by atoms with Crippen LogP contribution in [0.2, 0.25) is 0 Å². The summed E-state index contributed by atoms with van der Waals surface area (Å²) >= 11 is 0. The van der Waals surface area contributed by atoms with Gasteiger partial charge in [-0.15, -0.1) is 0 Å². The zero-order valence-electron chi connectivity index (χ0n) is 8.95. The summed E-state index contributed by atoms with van der Waals surface area (Å²) in [7, 11) is 0. The molecule has 5 heteroatoms. The number of hydrogen-bond acceptors (Lipinski definition) is 3. The highest BCUT2D eigenvalue weighted by Gasteiger charge is 2.27. The van der Waals surface area contributed by atoms with Gasteiger partial charge < -0.3 is 15.7 Å². The van der Waals surface area contributed by atoms with Crippen LogP contribution in [-0.4, -0.2) is 35.6 Å². The number of hydrogen-bond donors (Lipinski definition) is 3. The van der Waals surface area contributed by atoms with Crippen molar-refractivity contribution in [3.63, 3.8) is 0 Å². The lowest BCUT2D eigenvalue weighted by Crippen LogP contribution is -2.45. The second kappa shape index (κ2) is 5.70. The SMILES string of the molecule is CC(CCCO)NC(=O)C1CCC(=O)N1. The summed E-state index contributed by atoms with van der Waals surface area (Å²) in [4.78, 5) is 22.5. The lowest BCUT2D eigenvalue weighted by atomic mass is 10.1. The van der Waals surface area contributed by atoms with Gasteiger partial charge in [-0.2, -0.15) is 0 Å². The van der Waals surface area contributed by atoms with Gasteiger partial charge >= 0.3 is 0 Å². The zero-order valence-corrected chi connectivity index (χ0v) is 8.95. The van der Waals surface area contributed by atoms with Gasteiger partial charge in [0.05, 0.1) is 0 Å². The van der Waals surface area contributed by atoms with E-state index in [-0.39, 0.29) is 30.5 Å². The molecule has 1 rings (SSSR count). The number of carbonyl (C=O) groups excluding carboxylic acids is 2. The van der Waals surface area contributed by atoms with Gasteiger partial charge in [0.2, 0.25) is 11.8 Å². The van der Waals surface area contributed by atoms with Gasteiger partial charge in [-0.25, -0.2) is 0 Å². The number of rotatable bonds is 5. The molecule has 15 heavy (non-hydrogen) atoms. The smallest absolute Gasteiger partial charge is 0.242 e. The molecular formula is C10H18N2O3. The number of nitrogens with one attached hydrogen (secondary N) is 2. The van der Waals surface area contributed by atoms with Crippen LogP contribution in [0.5, 0.6) is 0 Å². The van der Waals surface area contributed by atoms with Crippen molar-refractivity contribution in [3.8, 4) is 0 Å². The summed E-state index contributed by atoms with van der Waals surface area (Å²) < 4.78 is 0. The fraction of sp³-hybridized carbons (Fsp3) is 0.800. The lowest BCUT2D eigenvalue weighted by Gasteiger charge is -2.16. The monoisotopic (exact) mass is 214 g/mol. The molecule has 0 aromatic carbocycles. The predicted molar refractivity (Wildman–Crippen MR) is 55.1 cm³/mol. The van der Waals surface area contributed by atoms with Crippen LogP contribution < -0.4 is 10.6 Å². The van der Waals surface area contributed by atoms with Crippen molar-refractivity contribution in [1.82, 2.24) is 10.6 Å². The Morgan fingerprint density at radius 3 is 3.00 bits per heavy atom. The van der Waals surface area contributed by atoms with Crippen molar-refractivity contribution in [1.29, 1.82) is 0 Å². The number of carbonyl (C=O) groups is 2. The second-order valence-electron chi connectivity index (χ2n) is 3.93. The van der Waals surface area contributed by atoms with E-state index in [1.54, 1.807) is 0 Å². The highest BCUT2D eigenvalue weighted by atomic mass is 16.3. The van der Waals surface area contributed by atoms with Crippen LogP contribution in [0.15, 0.2) is 0 Å². The Labute approximate surface area is 89.2 Å². The molecule has 86 valence electrons. The number of aliphatic hydroxyl groups is 1. The normalized spacial score (nSPS) is 22.3. The molecule has 0 aliphatic carbocycles. The van der Waals surface area contributed by atoms with Gasteiger partial charge in [-0.1, -0.05) is 0 Å². The minimum absolute atomic E-state index is 0.0437. The lowest BCUT2D eigenvalue weighted by molar-refractivity contribution is -0.126. The molecule has 1 saturated heterocycles. The van der Waals surface area contributed by atoms with E-state index in [0.717, 1.165) is 6.42 Å². The van der Waals surface area contributed by atoms with E-state index in [1.807, 2.05) is 6.92 Å².